The van der Waals surface area contributed by atoms with Gasteiger partial charge in [-0.2, -0.15) is 0 Å². The third kappa shape index (κ3) is 4.78. The number of hydrogen-bond acceptors (Lipinski definition) is 4. The van der Waals surface area contributed by atoms with Gasteiger partial charge in [0.05, 0.1) is 13.2 Å². The highest BCUT2D eigenvalue weighted by molar-refractivity contribution is 5.98. The lowest BCUT2D eigenvalue weighted by Crippen LogP contribution is -2.61. The maximum Gasteiger partial charge on any atom is 0.253 e. The van der Waals surface area contributed by atoms with Crippen LogP contribution in [0.15, 0.2) is 79.4 Å². The Morgan fingerprint density at radius 3 is 2.68 bits per heavy atom. The lowest BCUT2D eigenvalue weighted by molar-refractivity contribution is -0.0772. The Kier molecular flexibility index (Phi) is 7.36. The molecule has 2 aliphatic rings. The van der Waals surface area contributed by atoms with Crippen LogP contribution in [0, 0.1) is 5.92 Å². The Balaban J connectivity index is 1.50. The second kappa shape index (κ2) is 10.7. The second-order valence-electron chi connectivity index (χ2n) is 10.6. The molecule has 2 fully saturated rings. The van der Waals surface area contributed by atoms with Crippen molar-refractivity contribution < 1.29 is 14.3 Å². The molecule has 1 aliphatic heterocycles. The van der Waals surface area contributed by atoms with E-state index >= 15 is 0 Å². The van der Waals surface area contributed by atoms with Crippen LogP contribution < -0.4 is 4.74 Å². The normalized spacial score (nSPS) is 25.9. The van der Waals surface area contributed by atoms with Crippen LogP contribution in [0.1, 0.15) is 35.2 Å². The first-order chi connectivity index (χ1) is 18.0. The number of carbonyl (C=O) groups is 1. The number of amides is 1. The highest BCUT2D eigenvalue weighted by atomic mass is 16.5. The largest absolute Gasteiger partial charge is 0.497 e. The average Bonchev–Trinajstić information content (AvgIpc) is 2.95. The van der Waals surface area contributed by atoms with Crippen LogP contribution in [-0.4, -0.2) is 68.8 Å². The van der Waals surface area contributed by atoms with E-state index in [2.05, 4.69) is 41.8 Å². The smallest absolute Gasteiger partial charge is 0.253 e. The Hall–Kier alpha value is -3.15. The molecule has 5 heteroatoms. The predicted octanol–water partition coefficient (Wildman–Crippen LogP) is 5.54. The monoisotopic (exact) mass is 498 g/mol. The second-order valence-corrected chi connectivity index (χ2v) is 10.6. The van der Waals surface area contributed by atoms with Gasteiger partial charge < -0.3 is 14.4 Å². The molecule has 0 N–H and O–H groups in total. The standard InChI is InChI=1S/C32H38N2O3/c1-5-16-34-17-15-32(26-11-8-12-28(19-26)36-3)21-27(20-30(37-4)29(32)22-34)33(2)31(35)25-14-13-23-9-6-7-10-24(23)18-25/h5-14,18-19,27,29-30H,1,15-17,20-22H2,2-4H3. The molecule has 1 aliphatic carbocycles. The fourth-order valence-electron chi connectivity index (χ4n) is 6.76. The quantitative estimate of drug-likeness (QED) is 0.401. The number of likely N-dealkylation sites (tertiary alicyclic amines) is 1. The zero-order valence-electron chi connectivity index (χ0n) is 22.2. The first-order valence-electron chi connectivity index (χ1n) is 13.3. The molecule has 0 spiro atoms. The summed E-state index contributed by atoms with van der Waals surface area (Å²) in [5.74, 6) is 1.25. The fraction of sp³-hybridized carbons (Fsp3) is 0.406. The molecule has 5 nitrogen and oxygen atoms in total. The van der Waals surface area contributed by atoms with Gasteiger partial charge in [-0.25, -0.2) is 0 Å². The minimum absolute atomic E-state index is 0.0458. The van der Waals surface area contributed by atoms with Crippen molar-refractivity contribution >= 4 is 16.7 Å². The molecule has 194 valence electrons. The van der Waals surface area contributed by atoms with E-state index in [1.165, 1.54) is 5.56 Å². The summed E-state index contributed by atoms with van der Waals surface area (Å²) in [5.41, 5.74) is 1.91. The third-order valence-electron chi connectivity index (χ3n) is 8.79. The number of nitrogens with zero attached hydrogens (tertiary/aromatic N) is 2. The summed E-state index contributed by atoms with van der Waals surface area (Å²) in [7, 11) is 5.50. The molecule has 1 amide bonds. The summed E-state index contributed by atoms with van der Waals surface area (Å²) in [5, 5.41) is 2.23. The van der Waals surface area contributed by atoms with Crippen LogP contribution >= 0.6 is 0 Å². The molecular weight excluding hydrogens is 460 g/mol. The molecule has 5 rings (SSSR count). The van der Waals surface area contributed by atoms with E-state index in [0.717, 1.165) is 61.0 Å². The van der Waals surface area contributed by atoms with Gasteiger partial charge >= 0.3 is 0 Å². The van der Waals surface area contributed by atoms with Crippen LogP contribution in [-0.2, 0) is 10.2 Å². The molecule has 4 unspecified atom stereocenters. The Morgan fingerprint density at radius 2 is 1.92 bits per heavy atom. The van der Waals surface area contributed by atoms with Gasteiger partial charge in [-0.1, -0.05) is 48.5 Å². The van der Waals surface area contributed by atoms with E-state index in [1.807, 2.05) is 61.5 Å². The minimum Gasteiger partial charge on any atom is -0.497 e. The van der Waals surface area contributed by atoms with Crippen LogP contribution in [0.4, 0.5) is 0 Å². The van der Waals surface area contributed by atoms with E-state index < -0.39 is 0 Å². The maximum atomic E-state index is 13.8. The average molecular weight is 499 g/mol. The van der Waals surface area contributed by atoms with E-state index in [4.69, 9.17) is 9.47 Å². The fourth-order valence-corrected chi connectivity index (χ4v) is 6.76. The SMILES string of the molecule is C=CCN1CCC2(c3cccc(OC)c3)CC(N(C)C(=O)c3ccc4ccccc4c3)CC(OC)C2C1. The van der Waals surface area contributed by atoms with Crippen molar-refractivity contribution in [3.05, 3.63) is 90.5 Å². The van der Waals surface area contributed by atoms with Crippen molar-refractivity contribution in [2.45, 2.75) is 36.8 Å². The summed E-state index contributed by atoms with van der Waals surface area (Å²) in [4.78, 5) is 18.2. The van der Waals surface area contributed by atoms with Crippen molar-refractivity contribution in [1.82, 2.24) is 9.80 Å². The number of hydrogen-bond donors (Lipinski definition) is 0. The third-order valence-corrected chi connectivity index (χ3v) is 8.79. The zero-order valence-corrected chi connectivity index (χ0v) is 22.2. The van der Waals surface area contributed by atoms with E-state index in [1.54, 1.807) is 7.11 Å². The molecule has 4 atom stereocenters. The molecule has 3 aromatic rings. The van der Waals surface area contributed by atoms with E-state index in [-0.39, 0.29) is 23.5 Å². The van der Waals surface area contributed by atoms with Gasteiger partial charge in [0.1, 0.15) is 5.75 Å². The first-order valence-corrected chi connectivity index (χ1v) is 13.3. The van der Waals surface area contributed by atoms with Crippen LogP contribution in [0.3, 0.4) is 0 Å². The number of rotatable bonds is 7. The molecule has 1 saturated carbocycles. The lowest BCUT2D eigenvalue weighted by atomic mass is 9.56. The molecular formula is C32H38N2O3. The first kappa shape index (κ1) is 25.5. The Labute approximate surface area is 220 Å². The van der Waals surface area contributed by atoms with Crippen LogP contribution in [0.25, 0.3) is 10.8 Å². The number of methoxy groups -OCH3 is 2. The van der Waals surface area contributed by atoms with Crippen molar-refractivity contribution in [1.29, 1.82) is 0 Å². The van der Waals surface area contributed by atoms with Gasteiger partial charge in [0.25, 0.3) is 5.91 Å². The maximum absolute atomic E-state index is 13.8. The summed E-state index contributed by atoms with van der Waals surface area (Å²) >= 11 is 0. The van der Waals surface area contributed by atoms with Crippen molar-refractivity contribution in [3.8, 4) is 5.75 Å². The summed E-state index contributed by atoms with van der Waals surface area (Å²) in [6.45, 7) is 6.79. The van der Waals surface area contributed by atoms with Crippen molar-refractivity contribution in [2.24, 2.45) is 5.92 Å². The minimum atomic E-state index is -0.103. The molecule has 37 heavy (non-hydrogen) atoms. The summed E-state index contributed by atoms with van der Waals surface area (Å²) < 4.78 is 11.8. The molecule has 0 aromatic heterocycles. The summed E-state index contributed by atoms with van der Waals surface area (Å²) in [6, 6.07) is 22.8. The Morgan fingerprint density at radius 1 is 1.11 bits per heavy atom. The van der Waals surface area contributed by atoms with Gasteiger partial charge in [0.15, 0.2) is 0 Å². The van der Waals surface area contributed by atoms with E-state index in [9.17, 15) is 4.79 Å². The molecule has 0 radical (unpaired) electrons. The van der Waals surface area contributed by atoms with Crippen molar-refractivity contribution in [2.75, 3.05) is 40.9 Å². The highest BCUT2D eigenvalue weighted by Crippen LogP contribution is 2.51. The molecule has 3 aromatic carbocycles. The number of carbonyl (C=O) groups excluding carboxylic acids is 1. The van der Waals surface area contributed by atoms with E-state index in [0.29, 0.717) is 5.92 Å². The number of piperidine rings is 1. The molecule has 1 saturated heterocycles. The van der Waals surface area contributed by atoms with Gasteiger partial charge in [0, 0.05) is 50.2 Å². The topological polar surface area (TPSA) is 42.0 Å². The molecule has 1 heterocycles. The highest BCUT2D eigenvalue weighted by Gasteiger charge is 2.53. The van der Waals surface area contributed by atoms with Gasteiger partial charge in [-0.15, -0.1) is 6.58 Å². The number of benzene rings is 3. The van der Waals surface area contributed by atoms with Gasteiger partial charge in [-0.3, -0.25) is 9.69 Å². The summed E-state index contributed by atoms with van der Waals surface area (Å²) in [6.07, 6.45) is 4.77. The lowest BCUT2D eigenvalue weighted by Gasteiger charge is -2.56. The van der Waals surface area contributed by atoms with Gasteiger partial charge in [-0.05, 0) is 66.4 Å². The number of ether oxygens (including phenoxy) is 2. The van der Waals surface area contributed by atoms with Crippen molar-refractivity contribution in [3.63, 3.8) is 0 Å². The zero-order chi connectivity index (χ0) is 26.0. The van der Waals surface area contributed by atoms with Crippen LogP contribution in [0.5, 0.6) is 5.75 Å². The van der Waals surface area contributed by atoms with Crippen LogP contribution in [0.2, 0.25) is 0 Å². The Bertz CT molecular complexity index is 1270. The molecule has 0 bridgehead atoms. The predicted molar refractivity (Wildman–Crippen MR) is 149 cm³/mol. The number of fused-ring (bicyclic) bond motifs is 2. The van der Waals surface area contributed by atoms with Gasteiger partial charge in [0.2, 0.25) is 0 Å².